The number of benzene rings is 1. The van der Waals surface area contributed by atoms with E-state index in [1.54, 1.807) is 43.3 Å². The number of para-hydroxylation sites is 1. The minimum Gasteiger partial charge on any atom is -0.481 e. The van der Waals surface area contributed by atoms with E-state index >= 15 is 0 Å². The van der Waals surface area contributed by atoms with Crippen molar-refractivity contribution in [1.29, 1.82) is 0 Å². The first kappa shape index (κ1) is 15.0. The summed E-state index contributed by atoms with van der Waals surface area (Å²) < 4.78 is 5.16. The van der Waals surface area contributed by atoms with Gasteiger partial charge in [0.25, 0.3) is 0 Å². The minimum absolute atomic E-state index is 0.316. The summed E-state index contributed by atoms with van der Waals surface area (Å²) in [5.74, 6) is -2.56. The average Bonchev–Trinajstić information content (AvgIpc) is 2.39. The van der Waals surface area contributed by atoms with Crippen LogP contribution in [0.5, 0.6) is 5.75 Å². The molecule has 4 nitrogen and oxygen atoms in total. The van der Waals surface area contributed by atoms with Crippen LogP contribution < -0.4 is 4.74 Å². The number of allylic oxidation sites excluding steroid dienone is 2. The maximum Gasteiger partial charge on any atom is 0.314 e. The van der Waals surface area contributed by atoms with E-state index < -0.39 is 23.8 Å². The highest BCUT2D eigenvalue weighted by atomic mass is 16.5. The zero-order valence-electron chi connectivity index (χ0n) is 11.1. The van der Waals surface area contributed by atoms with E-state index in [4.69, 9.17) is 9.84 Å². The highest BCUT2D eigenvalue weighted by Crippen LogP contribution is 2.20. The van der Waals surface area contributed by atoms with Crippen molar-refractivity contribution in [3.8, 4) is 5.75 Å². The molecule has 0 radical (unpaired) electrons. The molecule has 1 rings (SSSR count). The predicted octanol–water partition coefficient (Wildman–Crippen LogP) is 2.90. The molecular formula is C15H18O4. The third kappa shape index (κ3) is 4.58. The molecule has 0 aliphatic carbocycles. The lowest BCUT2D eigenvalue weighted by Crippen LogP contribution is -2.30. The monoisotopic (exact) mass is 262 g/mol. The van der Waals surface area contributed by atoms with Gasteiger partial charge in [-0.2, -0.15) is 0 Å². The van der Waals surface area contributed by atoms with Crippen molar-refractivity contribution in [2.24, 2.45) is 11.8 Å². The fourth-order valence-electron chi connectivity index (χ4n) is 1.66. The van der Waals surface area contributed by atoms with Crippen LogP contribution in [-0.2, 0) is 9.59 Å². The number of carbonyl (C=O) groups is 2. The largest absolute Gasteiger partial charge is 0.481 e. The van der Waals surface area contributed by atoms with E-state index in [9.17, 15) is 9.59 Å². The smallest absolute Gasteiger partial charge is 0.314 e. The quantitative estimate of drug-likeness (QED) is 0.486. The molecule has 0 aliphatic rings. The fraction of sp³-hybridized carbons (Fsp3) is 0.333. The molecule has 0 aromatic heterocycles. The first-order chi connectivity index (χ1) is 9.06. The van der Waals surface area contributed by atoms with Gasteiger partial charge in [0.2, 0.25) is 0 Å². The summed E-state index contributed by atoms with van der Waals surface area (Å²) >= 11 is 0. The number of ether oxygens (including phenoxy) is 1. The van der Waals surface area contributed by atoms with E-state index in [1.165, 1.54) is 0 Å². The van der Waals surface area contributed by atoms with Crippen LogP contribution in [0.3, 0.4) is 0 Å². The molecule has 0 fully saturated rings. The summed E-state index contributed by atoms with van der Waals surface area (Å²) in [6.07, 6.45) is 3.83. The van der Waals surface area contributed by atoms with Gasteiger partial charge >= 0.3 is 11.9 Å². The van der Waals surface area contributed by atoms with Gasteiger partial charge in [-0.05, 0) is 25.5 Å². The molecule has 0 amide bonds. The second-order valence-electron chi connectivity index (χ2n) is 4.27. The van der Waals surface area contributed by atoms with E-state index in [-0.39, 0.29) is 0 Å². The van der Waals surface area contributed by atoms with Gasteiger partial charge in [0.1, 0.15) is 5.75 Å². The molecule has 2 atom stereocenters. The van der Waals surface area contributed by atoms with Crippen molar-refractivity contribution in [3.05, 3.63) is 42.5 Å². The van der Waals surface area contributed by atoms with Crippen LogP contribution in [0.15, 0.2) is 42.5 Å². The maximum absolute atomic E-state index is 11.9. The number of carbonyl (C=O) groups excluding carboxylic acids is 1. The van der Waals surface area contributed by atoms with E-state index in [2.05, 4.69) is 0 Å². The van der Waals surface area contributed by atoms with Crippen LogP contribution in [-0.4, -0.2) is 17.0 Å². The average molecular weight is 262 g/mol. The Balaban J connectivity index is 2.71. The van der Waals surface area contributed by atoms with Crippen LogP contribution in [0.1, 0.15) is 20.3 Å². The lowest BCUT2D eigenvalue weighted by Gasteiger charge is -2.17. The van der Waals surface area contributed by atoms with Crippen LogP contribution in [0.4, 0.5) is 0 Å². The molecule has 19 heavy (non-hydrogen) atoms. The third-order valence-electron chi connectivity index (χ3n) is 2.88. The molecular weight excluding hydrogens is 244 g/mol. The summed E-state index contributed by atoms with van der Waals surface area (Å²) in [4.78, 5) is 23.1. The highest BCUT2D eigenvalue weighted by Gasteiger charge is 2.30. The number of hydrogen-bond acceptors (Lipinski definition) is 3. The van der Waals surface area contributed by atoms with Crippen molar-refractivity contribution < 1.29 is 19.4 Å². The van der Waals surface area contributed by atoms with Gasteiger partial charge < -0.3 is 9.84 Å². The van der Waals surface area contributed by atoms with Crippen molar-refractivity contribution in [1.82, 2.24) is 0 Å². The number of aliphatic carboxylic acids is 1. The van der Waals surface area contributed by atoms with Crippen LogP contribution in [0.25, 0.3) is 0 Å². The SMILES string of the molecule is CC=CCC(C(=O)O)C(C)C(=O)Oc1ccccc1. The standard InChI is InChI=1S/C15H18O4/c1-3-4-10-13(14(16)17)11(2)15(18)19-12-8-6-5-7-9-12/h3-9,11,13H,10H2,1-2H3,(H,16,17). The molecule has 1 aromatic rings. The number of esters is 1. The molecule has 0 spiro atoms. The second-order valence-corrected chi connectivity index (χ2v) is 4.27. The summed E-state index contributed by atoms with van der Waals surface area (Å²) in [5, 5.41) is 9.14. The number of rotatable bonds is 6. The van der Waals surface area contributed by atoms with E-state index in [0.29, 0.717) is 12.2 Å². The Hall–Kier alpha value is -2.10. The Bertz CT molecular complexity index is 450. The number of carboxylic acids is 1. The Morgan fingerprint density at radius 3 is 2.47 bits per heavy atom. The Morgan fingerprint density at radius 1 is 1.32 bits per heavy atom. The molecule has 0 saturated heterocycles. The topological polar surface area (TPSA) is 63.6 Å². The Labute approximate surface area is 112 Å². The lowest BCUT2D eigenvalue weighted by molar-refractivity contribution is -0.151. The Kier molecular flexibility index (Phi) is 5.79. The number of hydrogen-bond donors (Lipinski definition) is 1. The zero-order valence-corrected chi connectivity index (χ0v) is 11.1. The summed E-state index contributed by atoms with van der Waals surface area (Å²) in [5.41, 5.74) is 0. The minimum atomic E-state index is -0.990. The predicted molar refractivity (Wildman–Crippen MR) is 71.8 cm³/mol. The van der Waals surface area contributed by atoms with Crippen LogP contribution >= 0.6 is 0 Å². The number of carboxylic acid groups (broad SMARTS) is 1. The molecule has 102 valence electrons. The first-order valence-electron chi connectivity index (χ1n) is 6.17. The van der Waals surface area contributed by atoms with Gasteiger partial charge in [0.05, 0.1) is 11.8 Å². The molecule has 1 N–H and O–H groups in total. The van der Waals surface area contributed by atoms with E-state index in [1.807, 2.05) is 13.0 Å². The van der Waals surface area contributed by atoms with Gasteiger partial charge in [-0.1, -0.05) is 37.3 Å². The lowest BCUT2D eigenvalue weighted by atomic mass is 9.91. The normalized spacial score (nSPS) is 14.0. The van der Waals surface area contributed by atoms with Crippen LogP contribution in [0, 0.1) is 11.8 Å². The molecule has 1 aromatic carbocycles. The van der Waals surface area contributed by atoms with Crippen molar-refractivity contribution >= 4 is 11.9 Å². The van der Waals surface area contributed by atoms with Gasteiger partial charge in [-0.25, -0.2) is 0 Å². The van der Waals surface area contributed by atoms with Gasteiger partial charge in [0, 0.05) is 0 Å². The van der Waals surface area contributed by atoms with Gasteiger partial charge in [0.15, 0.2) is 0 Å². The summed E-state index contributed by atoms with van der Waals surface area (Å²) in [7, 11) is 0. The molecule has 2 unspecified atom stereocenters. The molecule has 4 heteroatoms. The maximum atomic E-state index is 11.9. The van der Waals surface area contributed by atoms with E-state index in [0.717, 1.165) is 0 Å². The van der Waals surface area contributed by atoms with Crippen molar-refractivity contribution in [2.45, 2.75) is 20.3 Å². The fourth-order valence-corrected chi connectivity index (χ4v) is 1.66. The van der Waals surface area contributed by atoms with Crippen LogP contribution in [0.2, 0.25) is 0 Å². The Morgan fingerprint density at radius 2 is 1.95 bits per heavy atom. The summed E-state index contributed by atoms with van der Waals surface area (Å²) in [6, 6.07) is 8.63. The third-order valence-corrected chi connectivity index (χ3v) is 2.88. The van der Waals surface area contributed by atoms with Gasteiger partial charge in [-0.3, -0.25) is 9.59 Å². The van der Waals surface area contributed by atoms with Crippen molar-refractivity contribution in [2.75, 3.05) is 0 Å². The molecule has 0 saturated carbocycles. The second kappa shape index (κ2) is 7.36. The summed E-state index contributed by atoms with van der Waals surface area (Å²) in [6.45, 7) is 3.39. The highest BCUT2D eigenvalue weighted by molar-refractivity contribution is 5.82. The van der Waals surface area contributed by atoms with Crippen molar-refractivity contribution in [3.63, 3.8) is 0 Å². The molecule has 0 aliphatic heterocycles. The molecule has 0 bridgehead atoms. The zero-order chi connectivity index (χ0) is 14.3. The van der Waals surface area contributed by atoms with Gasteiger partial charge in [-0.15, -0.1) is 0 Å². The molecule has 0 heterocycles. The first-order valence-corrected chi connectivity index (χ1v) is 6.17.